The van der Waals surface area contributed by atoms with Crippen LogP contribution < -0.4 is 5.32 Å². The molecule has 1 fully saturated rings. The third-order valence-electron chi connectivity index (χ3n) is 5.06. The van der Waals surface area contributed by atoms with Gasteiger partial charge in [-0.1, -0.05) is 61.2 Å². The molecule has 0 aliphatic heterocycles. The number of anilines is 1. The molecular formula is C22H21ClF3NO3. The second-order valence-electron chi connectivity index (χ2n) is 7.24. The van der Waals surface area contributed by atoms with Crippen LogP contribution in [0.2, 0.25) is 5.02 Å². The fraction of sp³-hybridized carbons (Fsp3) is 0.364. The van der Waals surface area contributed by atoms with Gasteiger partial charge in [0.1, 0.15) is 0 Å². The SMILES string of the molecule is O=C(OC(C(=O)Nc1ccc(Cl)cc1C(F)(F)F)c1ccccc1)C1CCCCC1. The van der Waals surface area contributed by atoms with E-state index in [0.29, 0.717) is 18.4 Å². The van der Waals surface area contributed by atoms with Gasteiger partial charge < -0.3 is 10.1 Å². The largest absolute Gasteiger partial charge is 0.447 e. The number of rotatable bonds is 5. The molecule has 8 heteroatoms. The molecule has 2 aromatic carbocycles. The number of amides is 1. The van der Waals surface area contributed by atoms with Crippen LogP contribution in [0.5, 0.6) is 0 Å². The summed E-state index contributed by atoms with van der Waals surface area (Å²) in [5.74, 6) is -1.68. The van der Waals surface area contributed by atoms with Crippen molar-refractivity contribution in [1.29, 1.82) is 0 Å². The number of alkyl halides is 3. The Morgan fingerprint density at radius 2 is 1.70 bits per heavy atom. The van der Waals surface area contributed by atoms with E-state index in [1.165, 1.54) is 6.07 Å². The van der Waals surface area contributed by atoms with Crippen molar-refractivity contribution in [3.8, 4) is 0 Å². The summed E-state index contributed by atoms with van der Waals surface area (Å²) >= 11 is 5.69. The Bertz CT molecular complexity index is 896. The maximum Gasteiger partial charge on any atom is 0.418 e. The lowest BCUT2D eigenvalue weighted by molar-refractivity contribution is -0.160. The molecule has 30 heavy (non-hydrogen) atoms. The first kappa shape index (κ1) is 22.2. The Labute approximate surface area is 177 Å². The molecular weight excluding hydrogens is 419 g/mol. The summed E-state index contributed by atoms with van der Waals surface area (Å²) in [7, 11) is 0. The van der Waals surface area contributed by atoms with Crippen LogP contribution in [0.3, 0.4) is 0 Å². The van der Waals surface area contributed by atoms with Gasteiger partial charge in [0, 0.05) is 10.6 Å². The molecule has 0 bridgehead atoms. The third-order valence-corrected chi connectivity index (χ3v) is 5.29. The van der Waals surface area contributed by atoms with E-state index in [1.54, 1.807) is 30.3 Å². The van der Waals surface area contributed by atoms with Crippen molar-refractivity contribution in [3.05, 3.63) is 64.7 Å². The number of hydrogen-bond acceptors (Lipinski definition) is 3. The maximum atomic E-state index is 13.4. The molecule has 160 valence electrons. The van der Waals surface area contributed by atoms with Crippen LogP contribution in [0.15, 0.2) is 48.5 Å². The number of carbonyl (C=O) groups excluding carboxylic acids is 2. The monoisotopic (exact) mass is 439 g/mol. The zero-order valence-electron chi connectivity index (χ0n) is 16.0. The molecule has 1 N–H and O–H groups in total. The van der Waals surface area contributed by atoms with Gasteiger partial charge in [0.25, 0.3) is 5.91 Å². The predicted molar refractivity (Wildman–Crippen MR) is 107 cm³/mol. The Morgan fingerprint density at radius 3 is 2.33 bits per heavy atom. The molecule has 0 heterocycles. The Morgan fingerprint density at radius 1 is 1.03 bits per heavy atom. The Hall–Kier alpha value is -2.54. The standard InChI is InChI=1S/C22H21ClF3NO3/c23-16-11-12-18(17(13-16)22(24,25)26)27-20(28)19(14-7-3-1-4-8-14)30-21(29)15-9-5-2-6-10-15/h1,3-4,7-8,11-13,15,19H,2,5-6,9-10H2,(H,27,28). The van der Waals surface area contributed by atoms with Crippen LogP contribution in [0.25, 0.3) is 0 Å². The fourth-order valence-electron chi connectivity index (χ4n) is 3.51. The second-order valence-corrected chi connectivity index (χ2v) is 7.68. The van der Waals surface area contributed by atoms with Crippen molar-refractivity contribution in [3.63, 3.8) is 0 Å². The summed E-state index contributed by atoms with van der Waals surface area (Å²) in [6.45, 7) is 0. The summed E-state index contributed by atoms with van der Waals surface area (Å²) in [5, 5.41) is 2.15. The van der Waals surface area contributed by atoms with Crippen molar-refractivity contribution < 1.29 is 27.5 Å². The topological polar surface area (TPSA) is 55.4 Å². The van der Waals surface area contributed by atoms with Crippen LogP contribution >= 0.6 is 11.6 Å². The lowest BCUT2D eigenvalue weighted by Crippen LogP contribution is -2.30. The van der Waals surface area contributed by atoms with Gasteiger partial charge in [-0.15, -0.1) is 0 Å². The quantitative estimate of drug-likeness (QED) is 0.567. The molecule has 0 aromatic heterocycles. The average molecular weight is 440 g/mol. The zero-order chi connectivity index (χ0) is 21.7. The first-order valence-electron chi connectivity index (χ1n) is 9.69. The molecule has 1 saturated carbocycles. The van der Waals surface area contributed by atoms with Gasteiger partial charge >= 0.3 is 12.1 Å². The summed E-state index contributed by atoms with van der Waals surface area (Å²) in [4.78, 5) is 25.5. The minimum Gasteiger partial charge on any atom is -0.447 e. The normalized spacial score (nSPS) is 16.0. The van der Waals surface area contributed by atoms with Gasteiger partial charge in [-0.2, -0.15) is 13.2 Å². The van der Waals surface area contributed by atoms with Gasteiger partial charge in [-0.3, -0.25) is 9.59 Å². The highest BCUT2D eigenvalue weighted by molar-refractivity contribution is 6.30. The molecule has 3 rings (SSSR count). The van der Waals surface area contributed by atoms with E-state index in [9.17, 15) is 22.8 Å². The van der Waals surface area contributed by atoms with Crippen LogP contribution in [0.4, 0.5) is 18.9 Å². The molecule has 0 saturated heterocycles. The van der Waals surface area contributed by atoms with E-state index in [4.69, 9.17) is 16.3 Å². The van der Waals surface area contributed by atoms with E-state index < -0.39 is 35.4 Å². The number of carbonyl (C=O) groups is 2. The summed E-state index contributed by atoms with van der Waals surface area (Å²) in [6, 6.07) is 11.3. The first-order chi connectivity index (χ1) is 14.3. The van der Waals surface area contributed by atoms with Crippen molar-refractivity contribution in [2.24, 2.45) is 5.92 Å². The molecule has 1 atom stereocenters. The molecule has 2 aromatic rings. The average Bonchev–Trinajstić information content (AvgIpc) is 2.73. The molecule has 0 spiro atoms. The maximum absolute atomic E-state index is 13.4. The van der Waals surface area contributed by atoms with E-state index in [2.05, 4.69) is 5.32 Å². The number of hydrogen-bond donors (Lipinski definition) is 1. The first-order valence-corrected chi connectivity index (χ1v) is 10.1. The lowest BCUT2D eigenvalue weighted by Gasteiger charge is -2.24. The third kappa shape index (κ3) is 5.53. The number of esters is 1. The van der Waals surface area contributed by atoms with Gasteiger partial charge in [0.2, 0.25) is 6.10 Å². The van der Waals surface area contributed by atoms with Gasteiger partial charge in [0.05, 0.1) is 17.2 Å². The zero-order valence-corrected chi connectivity index (χ0v) is 16.8. The molecule has 1 aliphatic carbocycles. The van der Waals surface area contributed by atoms with E-state index in [-0.39, 0.29) is 10.9 Å². The van der Waals surface area contributed by atoms with Crippen molar-refractivity contribution in [1.82, 2.24) is 0 Å². The molecule has 4 nitrogen and oxygen atoms in total. The van der Waals surface area contributed by atoms with E-state index in [1.807, 2.05) is 0 Å². The molecule has 0 radical (unpaired) electrons. The van der Waals surface area contributed by atoms with E-state index >= 15 is 0 Å². The van der Waals surface area contributed by atoms with Crippen LogP contribution in [-0.2, 0) is 20.5 Å². The molecule has 1 aliphatic rings. The van der Waals surface area contributed by atoms with E-state index in [0.717, 1.165) is 31.4 Å². The lowest BCUT2D eigenvalue weighted by atomic mass is 9.89. The van der Waals surface area contributed by atoms with Gasteiger partial charge in [-0.25, -0.2) is 0 Å². The predicted octanol–water partition coefficient (Wildman–Crippen LogP) is 6.16. The second kappa shape index (κ2) is 9.51. The highest BCUT2D eigenvalue weighted by Gasteiger charge is 2.36. The van der Waals surface area contributed by atoms with Gasteiger partial charge in [-0.05, 0) is 31.0 Å². The minimum atomic E-state index is -4.71. The minimum absolute atomic E-state index is 0.108. The summed E-state index contributed by atoms with van der Waals surface area (Å²) in [5.41, 5.74) is -1.15. The smallest absolute Gasteiger partial charge is 0.418 e. The number of nitrogens with one attached hydrogen (secondary N) is 1. The Kier molecular flexibility index (Phi) is 7.02. The van der Waals surface area contributed by atoms with Crippen LogP contribution in [0, 0.1) is 5.92 Å². The summed E-state index contributed by atoms with van der Waals surface area (Å²) in [6.07, 6.45) is -1.87. The van der Waals surface area contributed by atoms with Crippen LogP contribution in [0.1, 0.15) is 49.3 Å². The van der Waals surface area contributed by atoms with Gasteiger partial charge in [0.15, 0.2) is 0 Å². The number of ether oxygens (including phenoxy) is 1. The van der Waals surface area contributed by atoms with Crippen molar-refractivity contribution in [2.45, 2.75) is 44.4 Å². The van der Waals surface area contributed by atoms with Crippen molar-refractivity contribution in [2.75, 3.05) is 5.32 Å². The molecule has 1 amide bonds. The highest BCUT2D eigenvalue weighted by atomic mass is 35.5. The van der Waals surface area contributed by atoms with Crippen LogP contribution in [-0.4, -0.2) is 11.9 Å². The number of halogens is 4. The van der Waals surface area contributed by atoms with Crippen molar-refractivity contribution >= 4 is 29.2 Å². The summed E-state index contributed by atoms with van der Waals surface area (Å²) < 4.78 is 45.6. The number of benzene rings is 2. The fourth-order valence-corrected chi connectivity index (χ4v) is 3.68. The molecule has 1 unspecified atom stereocenters. The highest BCUT2D eigenvalue weighted by Crippen LogP contribution is 2.37. The Balaban J connectivity index is 1.85.